The molecule has 1 aliphatic carbocycles. The van der Waals surface area contributed by atoms with Gasteiger partial charge in [0, 0.05) is 25.6 Å². The van der Waals surface area contributed by atoms with E-state index in [9.17, 15) is 4.79 Å². The van der Waals surface area contributed by atoms with Gasteiger partial charge >= 0.3 is 0 Å². The maximum atomic E-state index is 11.8. The quantitative estimate of drug-likeness (QED) is 0.667. The van der Waals surface area contributed by atoms with E-state index in [1.165, 1.54) is 32.4 Å². The molecular formula is C13H22N2O. The minimum absolute atomic E-state index is 0.278. The van der Waals surface area contributed by atoms with Crippen LogP contribution in [0.2, 0.25) is 0 Å². The second kappa shape index (κ2) is 4.46. The molecule has 2 aliphatic heterocycles. The van der Waals surface area contributed by atoms with E-state index in [2.05, 4.69) is 9.80 Å². The highest BCUT2D eigenvalue weighted by Gasteiger charge is 2.35. The largest absolute Gasteiger partial charge is 0.299 e. The topological polar surface area (TPSA) is 23.6 Å². The van der Waals surface area contributed by atoms with Crippen LogP contribution < -0.4 is 0 Å². The Balaban J connectivity index is 1.68. The van der Waals surface area contributed by atoms with Crippen molar-refractivity contribution >= 4 is 5.78 Å². The van der Waals surface area contributed by atoms with E-state index >= 15 is 0 Å². The monoisotopic (exact) mass is 222 g/mol. The summed E-state index contributed by atoms with van der Waals surface area (Å²) >= 11 is 0. The summed E-state index contributed by atoms with van der Waals surface area (Å²) < 4.78 is 0. The molecule has 2 unspecified atom stereocenters. The van der Waals surface area contributed by atoms with Gasteiger partial charge in [0.25, 0.3) is 0 Å². The first-order valence-electron chi connectivity index (χ1n) is 6.85. The van der Waals surface area contributed by atoms with Gasteiger partial charge in [-0.15, -0.1) is 0 Å². The predicted octanol–water partition coefficient (Wildman–Crippen LogP) is 1.28. The minimum Gasteiger partial charge on any atom is -0.299 e. The van der Waals surface area contributed by atoms with E-state index in [1.807, 2.05) is 0 Å². The highest BCUT2D eigenvalue weighted by atomic mass is 16.1. The van der Waals surface area contributed by atoms with Crippen molar-refractivity contribution in [1.82, 2.24) is 9.80 Å². The van der Waals surface area contributed by atoms with Crippen molar-refractivity contribution in [2.24, 2.45) is 0 Å². The van der Waals surface area contributed by atoms with Crippen LogP contribution >= 0.6 is 0 Å². The van der Waals surface area contributed by atoms with Crippen molar-refractivity contribution in [2.75, 3.05) is 26.2 Å². The van der Waals surface area contributed by atoms with Crippen molar-refractivity contribution in [1.29, 1.82) is 0 Å². The fourth-order valence-electron chi connectivity index (χ4n) is 3.70. The molecule has 90 valence electrons. The third kappa shape index (κ3) is 1.91. The molecule has 0 amide bonds. The summed E-state index contributed by atoms with van der Waals surface area (Å²) in [5.41, 5.74) is 0. The lowest BCUT2D eigenvalue weighted by Gasteiger charge is -2.29. The Kier molecular flexibility index (Phi) is 2.99. The highest BCUT2D eigenvalue weighted by Crippen LogP contribution is 2.26. The molecule has 2 heterocycles. The maximum absolute atomic E-state index is 11.8. The molecule has 0 aromatic carbocycles. The second-order valence-corrected chi connectivity index (χ2v) is 5.55. The number of hydrogen-bond donors (Lipinski definition) is 0. The number of rotatable bonds is 1. The van der Waals surface area contributed by atoms with E-state index in [-0.39, 0.29) is 6.04 Å². The van der Waals surface area contributed by atoms with Gasteiger partial charge in [0.05, 0.1) is 6.04 Å². The fraction of sp³-hybridized carbons (Fsp3) is 0.923. The summed E-state index contributed by atoms with van der Waals surface area (Å²) in [5, 5.41) is 0. The number of hydrogen-bond acceptors (Lipinski definition) is 3. The number of ketones is 1. The van der Waals surface area contributed by atoms with Gasteiger partial charge in [-0.2, -0.15) is 0 Å². The molecule has 16 heavy (non-hydrogen) atoms. The summed E-state index contributed by atoms with van der Waals surface area (Å²) in [7, 11) is 0. The Morgan fingerprint density at radius 3 is 2.56 bits per heavy atom. The van der Waals surface area contributed by atoms with Gasteiger partial charge in [0.15, 0.2) is 0 Å². The van der Waals surface area contributed by atoms with Crippen molar-refractivity contribution in [3.05, 3.63) is 0 Å². The van der Waals surface area contributed by atoms with E-state index in [4.69, 9.17) is 0 Å². The van der Waals surface area contributed by atoms with E-state index < -0.39 is 0 Å². The van der Waals surface area contributed by atoms with Crippen LogP contribution in [0.15, 0.2) is 0 Å². The van der Waals surface area contributed by atoms with Crippen LogP contribution in [0.4, 0.5) is 0 Å². The van der Waals surface area contributed by atoms with Crippen LogP contribution in [-0.2, 0) is 4.79 Å². The van der Waals surface area contributed by atoms with Gasteiger partial charge in [-0.25, -0.2) is 0 Å². The molecular weight excluding hydrogens is 200 g/mol. The molecule has 3 nitrogen and oxygen atoms in total. The SMILES string of the molecule is O=C1CCCC1N1CCCN2CCCC2C1. The van der Waals surface area contributed by atoms with Crippen LogP contribution in [0.3, 0.4) is 0 Å². The van der Waals surface area contributed by atoms with Crippen molar-refractivity contribution in [3.8, 4) is 0 Å². The van der Waals surface area contributed by atoms with Crippen LogP contribution in [0.25, 0.3) is 0 Å². The third-order valence-electron chi connectivity index (χ3n) is 4.55. The molecule has 0 bridgehead atoms. The van der Waals surface area contributed by atoms with E-state index in [0.29, 0.717) is 5.78 Å². The van der Waals surface area contributed by atoms with Crippen molar-refractivity contribution in [3.63, 3.8) is 0 Å². The molecule has 2 atom stereocenters. The first kappa shape index (κ1) is 10.7. The van der Waals surface area contributed by atoms with Crippen LogP contribution in [-0.4, -0.2) is 53.8 Å². The standard InChI is InChI=1S/C13H22N2O/c16-13-6-1-5-12(13)15-9-3-8-14-7-2-4-11(14)10-15/h11-12H,1-10H2. The summed E-state index contributed by atoms with van der Waals surface area (Å²) in [4.78, 5) is 17.0. The lowest BCUT2D eigenvalue weighted by molar-refractivity contribution is -0.122. The molecule has 3 heteroatoms. The van der Waals surface area contributed by atoms with Crippen LogP contribution in [0, 0.1) is 0 Å². The maximum Gasteiger partial charge on any atom is 0.149 e. The Bertz CT molecular complexity index is 279. The molecule has 0 N–H and O–H groups in total. The lowest BCUT2D eigenvalue weighted by atomic mass is 10.1. The van der Waals surface area contributed by atoms with Gasteiger partial charge in [0.2, 0.25) is 0 Å². The number of Topliss-reactive ketones (excluding diaryl/α,β-unsaturated/α-hetero) is 1. The highest BCUT2D eigenvalue weighted by molar-refractivity contribution is 5.85. The first-order chi connectivity index (χ1) is 7.84. The summed E-state index contributed by atoms with van der Waals surface area (Å²) in [6.07, 6.45) is 7.02. The number of nitrogens with zero attached hydrogens (tertiary/aromatic N) is 2. The molecule has 2 saturated heterocycles. The molecule has 0 aromatic heterocycles. The molecule has 1 saturated carbocycles. The molecule has 3 rings (SSSR count). The zero-order valence-corrected chi connectivity index (χ0v) is 10.0. The molecule has 3 fully saturated rings. The summed E-state index contributed by atoms with van der Waals surface area (Å²) in [6, 6.07) is 1.02. The molecule has 3 aliphatic rings. The van der Waals surface area contributed by atoms with Gasteiger partial charge in [-0.1, -0.05) is 0 Å². The van der Waals surface area contributed by atoms with Gasteiger partial charge in [-0.05, 0) is 45.2 Å². The second-order valence-electron chi connectivity index (χ2n) is 5.55. The van der Waals surface area contributed by atoms with E-state index in [1.54, 1.807) is 0 Å². The van der Waals surface area contributed by atoms with Crippen LogP contribution in [0.5, 0.6) is 0 Å². The fourth-order valence-corrected chi connectivity index (χ4v) is 3.70. The van der Waals surface area contributed by atoms with Gasteiger partial charge in [0.1, 0.15) is 5.78 Å². The van der Waals surface area contributed by atoms with Gasteiger partial charge < -0.3 is 0 Å². The zero-order valence-electron chi connectivity index (χ0n) is 10.0. The smallest absolute Gasteiger partial charge is 0.149 e. The van der Waals surface area contributed by atoms with E-state index in [0.717, 1.165) is 38.4 Å². The average molecular weight is 222 g/mol. The first-order valence-corrected chi connectivity index (χ1v) is 6.85. The third-order valence-corrected chi connectivity index (χ3v) is 4.55. The number of carbonyl (C=O) groups excluding carboxylic acids is 1. The summed E-state index contributed by atoms with van der Waals surface area (Å²) in [6.45, 7) is 4.83. The molecule has 0 spiro atoms. The predicted molar refractivity (Wildman–Crippen MR) is 63.4 cm³/mol. The number of fused-ring (bicyclic) bond motifs is 1. The number of carbonyl (C=O) groups is 1. The molecule has 0 aromatic rings. The Hall–Kier alpha value is -0.410. The molecule has 0 radical (unpaired) electrons. The lowest BCUT2D eigenvalue weighted by Crippen LogP contribution is -2.43. The zero-order chi connectivity index (χ0) is 11.0. The minimum atomic E-state index is 0.278. The average Bonchev–Trinajstić information content (AvgIpc) is 2.83. The van der Waals surface area contributed by atoms with Gasteiger partial charge in [-0.3, -0.25) is 14.6 Å². The normalized spacial score (nSPS) is 37.6. The van der Waals surface area contributed by atoms with Crippen molar-refractivity contribution in [2.45, 2.75) is 50.6 Å². The Morgan fingerprint density at radius 1 is 0.938 bits per heavy atom. The van der Waals surface area contributed by atoms with Crippen molar-refractivity contribution < 1.29 is 4.79 Å². The Morgan fingerprint density at radius 2 is 1.75 bits per heavy atom. The summed E-state index contributed by atoms with van der Waals surface area (Å²) in [5.74, 6) is 0.506. The Labute approximate surface area is 97.8 Å². The van der Waals surface area contributed by atoms with Crippen LogP contribution in [0.1, 0.15) is 38.5 Å².